The zero-order valence-electron chi connectivity index (χ0n) is 32.7. The first kappa shape index (κ1) is 45.1. The van der Waals surface area contributed by atoms with Crippen LogP contribution in [0, 0.1) is 28.6 Å². The fourth-order valence-electron chi connectivity index (χ4n) is 5.35. The quantitative estimate of drug-likeness (QED) is 0.0993. The maximum Gasteiger partial charge on any atom is 0.459 e. The lowest BCUT2D eigenvalue weighted by Gasteiger charge is -2.32. The Bertz CT molecular complexity index is 2070. The summed E-state index contributed by atoms with van der Waals surface area (Å²) in [4.78, 5) is 53.0. The second-order valence-corrected chi connectivity index (χ2v) is 17.7. The smallest absolute Gasteiger partial charge is 0.459 e. The molecule has 0 radical (unpaired) electrons. The summed E-state index contributed by atoms with van der Waals surface area (Å²) in [5.74, 6) is -1.36. The summed E-state index contributed by atoms with van der Waals surface area (Å²) in [5, 5.41) is 15.9. The number of carbonyl (C=O) groups is 2. The number of nitrogens with one attached hydrogen (secondary N) is 3. The highest BCUT2D eigenvalue weighted by Crippen LogP contribution is 2.56. The molecule has 310 valence electrons. The van der Waals surface area contributed by atoms with Gasteiger partial charge in [0.2, 0.25) is 0 Å². The van der Waals surface area contributed by atoms with Crippen molar-refractivity contribution in [2.75, 3.05) is 19.8 Å². The minimum Gasteiger partial charge on any atom is -0.464 e. The Labute approximate surface area is 330 Å². The summed E-state index contributed by atoms with van der Waals surface area (Å²) >= 11 is 0. The maximum atomic E-state index is 14.8. The van der Waals surface area contributed by atoms with Crippen LogP contribution in [-0.2, 0) is 42.0 Å². The van der Waals surface area contributed by atoms with E-state index in [-0.39, 0.29) is 36.5 Å². The topological polar surface area (TPSA) is 236 Å². The molecule has 8 atom stereocenters. The number of ether oxygens (including phenoxy) is 3. The van der Waals surface area contributed by atoms with E-state index in [1.165, 1.54) is 45.0 Å². The van der Waals surface area contributed by atoms with Crippen LogP contribution in [0.15, 0.2) is 82.5 Å². The van der Waals surface area contributed by atoms with Gasteiger partial charge in [-0.15, -0.1) is 0 Å². The monoisotopic (exact) mass is 833 g/mol. The number of benzene rings is 2. The summed E-state index contributed by atoms with van der Waals surface area (Å²) in [7, 11) is -9.30. The first-order valence-electron chi connectivity index (χ1n) is 18.2. The first-order valence-corrected chi connectivity index (χ1v) is 21.2. The van der Waals surface area contributed by atoms with E-state index in [9.17, 15) is 33.6 Å². The van der Waals surface area contributed by atoms with E-state index in [2.05, 4.69) is 21.2 Å². The number of carbonyl (C=O) groups excluding carboxylic acids is 2. The molecule has 18 nitrogen and oxygen atoms in total. The number of rotatable bonds is 20. The third-order valence-electron chi connectivity index (χ3n) is 8.22. The third-order valence-corrected chi connectivity index (χ3v) is 11.5. The molecule has 57 heavy (non-hydrogen) atoms. The Hall–Kier alpha value is -4.59. The molecule has 0 saturated carbocycles. The second-order valence-electron chi connectivity index (χ2n) is 14.3. The molecule has 1 aliphatic rings. The molecule has 0 spiro atoms. The molecule has 2 heterocycles. The van der Waals surface area contributed by atoms with Crippen molar-refractivity contribution >= 4 is 27.4 Å². The van der Waals surface area contributed by atoms with Gasteiger partial charge >= 0.3 is 33.1 Å². The zero-order chi connectivity index (χ0) is 42.0. The molecule has 2 aromatic carbocycles. The molecule has 1 aromatic heterocycles. The van der Waals surface area contributed by atoms with E-state index in [0.29, 0.717) is 0 Å². The van der Waals surface area contributed by atoms with Crippen LogP contribution in [0.5, 0.6) is 11.5 Å². The predicted molar refractivity (Wildman–Crippen MR) is 206 cm³/mol. The number of aromatic nitrogens is 2. The number of para-hydroxylation sites is 2. The number of hydrogen-bond acceptors (Lipinski definition) is 14. The molecule has 1 saturated heterocycles. The van der Waals surface area contributed by atoms with Gasteiger partial charge in [0.05, 0.1) is 25.9 Å². The van der Waals surface area contributed by atoms with Gasteiger partial charge in [0.25, 0.3) is 5.56 Å². The fraction of sp³-hybridized carbons (Fsp3) is 0.486. The maximum absolute atomic E-state index is 14.8. The van der Waals surface area contributed by atoms with E-state index in [1.54, 1.807) is 36.4 Å². The number of H-pyrrole nitrogens is 1. The van der Waals surface area contributed by atoms with Crippen molar-refractivity contribution in [2.24, 2.45) is 17.3 Å². The molecule has 0 aliphatic carbocycles. The van der Waals surface area contributed by atoms with Gasteiger partial charge in [-0.25, -0.2) is 13.9 Å². The van der Waals surface area contributed by atoms with Gasteiger partial charge in [-0.2, -0.15) is 15.4 Å². The van der Waals surface area contributed by atoms with Crippen LogP contribution in [0.25, 0.3) is 0 Å². The number of aromatic amines is 1. The van der Waals surface area contributed by atoms with Gasteiger partial charge in [0.15, 0.2) is 6.23 Å². The summed E-state index contributed by atoms with van der Waals surface area (Å²) in [6.45, 7) is 10.9. The summed E-state index contributed by atoms with van der Waals surface area (Å²) in [6, 6.07) is 16.4. The van der Waals surface area contributed by atoms with Crippen molar-refractivity contribution in [1.29, 1.82) is 5.26 Å². The lowest BCUT2D eigenvalue weighted by atomic mass is 9.84. The van der Waals surface area contributed by atoms with E-state index >= 15 is 0 Å². The molecule has 0 amide bonds. The zero-order valence-corrected chi connectivity index (χ0v) is 34.5. The molecular weight excluding hydrogens is 784 g/mol. The van der Waals surface area contributed by atoms with Crippen LogP contribution in [0.2, 0.25) is 0 Å². The highest BCUT2D eigenvalue weighted by Gasteiger charge is 2.59. The van der Waals surface area contributed by atoms with Crippen LogP contribution < -0.4 is 30.5 Å². The van der Waals surface area contributed by atoms with Crippen molar-refractivity contribution < 1.29 is 51.0 Å². The number of esters is 2. The van der Waals surface area contributed by atoms with Gasteiger partial charge in [-0.1, -0.05) is 64.1 Å². The van der Waals surface area contributed by atoms with Crippen LogP contribution in [0.3, 0.4) is 0 Å². The molecule has 2 unspecified atom stereocenters. The second kappa shape index (κ2) is 19.7. The van der Waals surface area contributed by atoms with Gasteiger partial charge < -0.3 is 23.3 Å². The minimum atomic E-state index is -4.75. The standard InChI is InChI=1S/C37H49N5O13P2/c1-24(2)20-49-33(44)26(5)40-56(47,53-28-14-10-8-11-15-28)51-22-30-32(37(7,23-38)35(52-30)42-19-18-31(43)39-36(42)46)55-57(48,54-29-16-12-9-13-17-29)41-27(6)34(45)50-21-25(3)4/h8-19,24-27,30,32,35H,20-22H2,1-7H3,(H,40,47)(H,41,48)(H,39,43,46)/t26-,27-,30+,32+,35+,37+,56?,57?/m0/s1. The largest absolute Gasteiger partial charge is 0.464 e. The Kier molecular flexibility index (Phi) is 15.6. The summed E-state index contributed by atoms with van der Waals surface area (Å²) < 4.78 is 70.9. The van der Waals surface area contributed by atoms with Crippen molar-refractivity contribution in [1.82, 2.24) is 19.7 Å². The van der Waals surface area contributed by atoms with E-state index in [1.807, 2.05) is 27.7 Å². The number of nitriles is 1. The molecule has 1 aliphatic heterocycles. The van der Waals surface area contributed by atoms with E-state index in [4.69, 9.17) is 32.3 Å². The minimum absolute atomic E-state index is 0.00391. The summed E-state index contributed by atoms with van der Waals surface area (Å²) in [6.07, 6.45) is -3.61. The van der Waals surface area contributed by atoms with Gasteiger partial charge in [0, 0.05) is 12.3 Å². The van der Waals surface area contributed by atoms with E-state index in [0.717, 1.165) is 16.8 Å². The Morgan fingerprint density at radius 3 is 1.81 bits per heavy atom. The Balaban J connectivity index is 1.76. The van der Waals surface area contributed by atoms with Crippen LogP contribution in [0.4, 0.5) is 0 Å². The average Bonchev–Trinajstić information content (AvgIpc) is 3.42. The van der Waals surface area contributed by atoms with Crippen molar-refractivity contribution in [2.45, 2.75) is 79.0 Å². The van der Waals surface area contributed by atoms with Gasteiger partial charge in [-0.3, -0.25) is 33.0 Å². The molecule has 3 aromatic rings. The first-order chi connectivity index (χ1) is 26.9. The molecule has 1 fully saturated rings. The highest BCUT2D eigenvalue weighted by molar-refractivity contribution is 7.52. The van der Waals surface area contributed by atoms with E-state index < -0.39 is 81.2 Å². The molecule has 0 bridgehead atoms. The number of nitrogens with zero attached hydrogens (tertiary/aromatic N) is 2. The number of hydrogen-bond donors (Lipinski definition) is 3. The molecule has 20 heteroatoms. The average molecular weight is 834 g/mol. The van der Waals surface area contributed by atoms with Gasteiger partial charge in [0.1, 0.15) is 41.2 Å². The summed E-state index contributed by atoms with van der Waals surface area (Å²) in [5.41, 5.74) is -3.62. The molecule has 4 rings (SSSR count). The lowest BCUT2D eigenvalue weighted by molar-refractivity contribution is -0.147. The third kappa shape index (κ3) is 12.4. The SMILES string of the molecule is CC(C)COC(=O)[C@H](C)NP(=O)(OC[C@H]1O[C@@H](n2ccc(=O)[nH]c2=O)[C@](C)(C#N)[C@@H]1OP(=O)(N[C@@H](C)C(=O)OCC(C)C)Oc1ccccc1)Oc1ccccc1. The van der Waals surface area contributed by atoms with Crippen LogP contribution in [0.1, 0.15) is 54.7 Å². The van der Waals surface area contributed by atoms with Crippen molar-refractivity contribution in [3.8, 4) is 17.6 Å². The predicted octanol–water partition coefficient (Wildman–Crippen LogP) is 5.09. The van der Waals surface area contributed by atoms with Crippen molar-refractivity contribution in [3.63, 3.8) is 0 Å². The van der Waals surface area contributed by atoms with Crippen molar-refractivity contribution in [3.05, 3.63) is 93.8 Å². The normalized spacial score (nSPS) is 22.4. The molecule has 3 N–H and O–H groups in total. The van der Waals surface area contributed by atoms with Crippen LogP contribution in [-0.4, -0.2) is 65.6 Å². The highest BCUT2D eigenvalue weighted by atomic mass is 31.2. The fourth-order valence-corrected chi connectivity index (χ4v) is 8.64. The Morgan fingerprint density at radius 2 is 1.33 bits per heavy atom. The van der Waals surface area contributed by atoms with Gasteiger partial charge in [-0.05, 0) is 56.9 Å². The Morgan fingerprint density at radius 1 is 0.842 bits per heavy atom. The lowest BCUT2D eigenvalue weighted by Crippen LogP contribution is -2.44. The van der Waals surface area contributed by atoms with Crippen LogP contribution >= 0.6 is 15.5 Å². The molecular formula is C37H49N5O13P2.